The van der Waals surface area contributed by atoms with E-state index in [1.54, 1.807) is 6.07 Å². The Morgan fingerprint density at radius 2 is 2.00 bits per heavy atom. The minimum atomic E-state index is 0.333. The Labute approximate surface area is 93.5 Å². The van der Waals surface area contributed by atoms with E-state index in [1.807, 2.05) is 12.1 Å². The second kappa shape index (κ2) is 3.93. The van der Waals surface area contributed by atoms with Crippen molar-refractivity contribution in [2.45, 2.75) is 18.9 Å². The normalized spacial score (nSPS) is 20.5. The van der Waals surface area contributed by atoms with Crippen molar-refractivity contribution in [1.82, 2.24) is 0 Å². The first kappa shape index (κ1) is 10.0. The number of hydrogen-bond acceptors (Lipinski definition) is 1. The molecule has 0 amide bonds. The highest BCUT2D eigenvalue weighted by Crippen LogP contribution is 2.30. The Morgan fingerprint density at radius 1 is 1.29 bits per heavy atom. The topological polar surface area (TPSA) is 26.0 Å². The van der Waals surface area contributed by atoms with Crippen molar-refractivity contribution < 1.29 is 0 Å². The van der Waals surface area contributed by atoms with Gasteiger partial charge in [0.25, 0.3) is 0 Å². The minimum Gasteiger partial charge on any atom is -0.327 e. The van der Waals surface area contributed by atoms with E-state index in [0.717, 1.165) is 23.4 Å². The number of rotatable bonds is 1. The van der Waals surface area contributed by atoms with Crippen molar-refractivity contribution in [1.29, 1.82) is 0 Å². The first-order valence-corrected chi connectivity index (χ1v) is 5.31. The van der Waals surface area contributed by atoms with Crippen LogP contribution in [0.5, 0.6) is 0 Å². The SMILES string of the molecule is NC1CC(=Cc2cc(Cl)ccc2Cl)C1. The molecule has 0 heterocycles. The standard InChI is InChI=1S/C11H11Cl2N/c12-9-1-2-11(13)8(6-9)3-7-4-10(14)5-7/h1-3,6,10H,4-5,14H2. The second-order valence-corrected chi connectivity index (χ2v) is 4.48. The number of halogens is 2. The van der Waals surface area contributed by atoms with Crippen LogP contribution in [0.3, 0.4) is 0 Å². The maximum Gasteiger partial charge on any atom is 0.0479 e. The Hall–Kier alpha value is -0.500. The molecule has 1 aromatic rings. The second-order valence-electron chi connectivity index (χ2n) is 3.64. The van der Waals surface area contributed by atoms with E-state index >= 15 is 0 Å². The highest BCUT2D eigenvalue weighted by atomic mass is 35.5. The van der Waals surface area contributed by atoms with E-state index in [9.17, 15) is 0 Å². The van der Waals surface area contributed by atoms with Crippen LogP contribution < -0.4 is 5.73 Å². The number of benzene rings is 1. The van der Waals surface area contributed by atoms with Gasteiger partial charge in [0.15, 0.2) is 0 Å². The summed E-state index contributed by atoms with van der Waals surface area (Å²) in [7, 11) is 0. The average molecular weight is 228 g/mol. The van der Waals surface area contributed by atoms with E-state index in [2.05, 4.69) is 6.08 Å². The fourth-order valence-electron chi connectivity index (χ4n) is 1.58. The summed E-state index contributed by atoms with van der Waals surface area (Å²) in [6, 6.07) is 5.81. The summed E-state index contributed by atoms with van der Waals surface area (Å²) in [5.74, 6) is 0. The van der Waals surface area contributed by atoms with Crippen LogP contribution in [-0.2, 0) is 0 Å². The van der Waals surface area contributed by atoms with Crippen LogP contribution in [0.15, 0.2) is 23.8 Å². The van der Waals surface area contributed by atoms with Gasteiger partial charge in [0.05, 0.1) is 0 Å². The van der Waals surface area contributed by atoms with E-state index in [0.29, 0.717) is 11.1 Å². The molecular weight excluding hydrogens is 217 g/mol. The lowest BCUT2D eigenvalue weighted by molar-refractivity contribution is 0.547. The highest BCUT2D eigenvalue weighted by Gasteiger charge is 2.18. The van der Waals surface area contributed by atoms with Gasteiger partial charge >= 0.3 is 0 Å². The fourth-order valence-corrected chi connectivity index (χ4v) is 1.93. The third kappa shape index (κ3) is 2.11. The van der Waals surface area contributed by atoms with Crippen LogP contribution in [0.4, 0.5) is 0 Å². The molecule has 14 heavy (non-hydrogen) atoms. The lowest BCUT2D eigenvalue weighted by atomic mass is 9.86. The highest BCUT2D eigenvalue weighted by molar-refractivity contribution is 6.34. The molecule has 0 saturated heterocycles. The van der Waals surface area contributed by atoms with Gasteiger partial charge in [-0.25, -0.2) is 0 Å². The molecule has 0 radical (unpaired) electrons. The Balaban J connectivity index is 2.24. The molecule has 0 atom stereocenters. The molecule has 0 bridgehead atoms. The van der Waals surface area contributed by atoms with Crippen molar-refractivity contribution in [3.8, 4) is 0 Å². The average Bonchev–Trinajstić information content (AvgIpc) is 2.09. The van der Waals surface area contributed by atoms with Gasteiger partial charge in [0.2, 0.25) is 0 Å². The Bertz CT molecular complexity index is 377. The summed E-state index contributed by atoms with van der Waals surface area (Å²) in [4.78, 5) is 0. The van der Waals surface area contributed by atoms with Gasteiger partial charge in [0.1, 0.15) is 0 Å². The van der Waals surface area contributed by atoms with Gasteiger partial charge in [-0.3, -0.25) is 0 Å². The van der Waals surface area contributed by atoms with E-state index in [4.69, 9.17) is 28.9 Å². The number of nitrogens with two attached hydrogens (primary N) is 1. The van der Waals surface area contributed by atoms with Crippen LogP contribution in [0.25, 0.3) is 6.08 Å². The maximum atomic E-state index is 6.02. The minimum absolute atomic E-state index is 0.333. The molecule has 1 aliphatic carbocycles. The van der Waals surface area contributed by atoms with Crippen molar-refractivity contribution in [3.05, 3.63) is 39.4 Å². The summed E-state index contributed by atoms with van der Waals surface area (Å²) in [5.41, 5.74) is 8.03. The summed E-state index contributed by atoms with van der Waals surface area (Å²) in [5, 5.41) is 1.45. The molecule has 1 nitrogen and oxygen atoms in total. The van der Waals surface area contributed by atoms with Crippen LogP contribution in [0.2, 0.25) is 10.0 Å². The zero-order valence-electron chi connectivity index (χ0n) is 7.63. The van der Waals surface area contributed by atoms with Crippen molar-refractivity contribution in [2.75, 3.05) is 0 Å². The molecule has 1 fully saturated rings. The van der Waals surface area contributed by atoms with Crippen LogP contribution in [0, 0.1) is 0 Å². The molecule has 0 aliphatic heterocycles. The first-order chi connectivity index (χ1) is 6.65. The molecule has 2 rings (SSSR count). The summed E-state index contributed by atoms with van der Waals surface area (Å²) >= 11 is 11.9. The zero-order chi connectivity index (χ0) is 10.1. The van der Waals surface area contributed by atoms with Crippen molar-refractivity contribution in [3.63, 3.8) is 0 Å². The van der Waals surface area contributed by atoms with Gasteiger partial charge in [-0.1, -0.05) is 34.9 Å². The van der Waals surface area contributed by atoms with Crippen LogP contribution >= 0.6 is 23.2 Å². The molecule has 1 saturated carbocycles. The largest absolute Gasteiger partial charge is 0.327 e. The molecule has 3 heteroatoms. The lowest BCUT2D eigenvalue weighted by Crippen LogP contribution is -2.29. The fraction of sp³-hybridized carbons (Fsp3) is 0.273. The van der Waals surface area contributed by atoms with Crippen LogP contribution in [-0.4, -0.2) is 6.04 Å². The molecule has 1 aliphatic rings. The quantitative estimate of drug-likeness (QED) is 0.782. The van der Waals surface area contributed by atoms with E-state index in [-0.39, 0.29) is 0 Å². The molecule has 0 unspecified atom stereocenters. The summed E-state index contributed by atoms with van der Waals surface area (Å²) in [6.07, 6.45) is 4.03. The number of hydrogen-bond donors (Lipinski definition) is 1. The van der Waals surface area contributed by atoms with Crippen molar-refractivity contribution >= 4 is 29.3 Å². The maximum absolute atomic E-state index is 6.02. The molecule has 0 spiro atoms. The molecule has 0 aromatic heterocycles. The van der Waals surface area contributed by atoms with E-state index in [1.165, 1.54) is 5.57 Å². The molecule has 74 valence electrons. The van der Waals surface area contributed by atoms with Gasteiger partial charge in [0, 0.05) is 16.1 Å². The predicted octanol–water partition coefficient (Wildman–Crippen LogP) is 3.50. The Morgan fingerprint density at radius 3 is 2.64 bits per heavy atom. The smallest absolute Gasteiger partial charge is 0.0479 e. The molecule has 1 aromatic carbocycles. The lowest BCUT2D eigenvalue weighted by Gasteiger charge is -2.25. The molecular formula is C11H11Cl2N. The van der Waals surface area contributed by atoms with Gasteiger partial charge < -0.3 is 5.73 Å². The molecule has 2 N–H and O–H groups in total. The van der Waals surface area contributed by atoms with Gasteiger partial charge in [-0.05, 0) is 36.6 Å². The predicted molar refractivity (Wildman–Crippen MR) is 61.6 cm³/mol. The summed E-state index contributed by atoms with van der Waals surface area (Å²) < 4.78 is 0. The third-order valence-electron chi connectivity index (χ3n) is 2.37. The zero-order valence-corrected chi connectivity index (χ0v) is 9.15. The Kier molecular flexibility index (Phi) is 2.82. The summed E-state index contributed by atoms with van der Waals surface area (Å²) in [6.45, 7) is 0. The first-order valence-electron chi connectivity index (χ1n) is 4.55. The van der Waals surface area contributed by atoms with E-state index < -0.39 is 0 Å². The van der Waals surface area contributed by atoms with Crippen LogP contribution in [0.1, 0.15) is 18.4 Å². The van der Waals surface area contributed by atoms with Gasteiger partial charge in [-0.2, -0.15) is 0 Å². The monoisotopic (exact) mass is 227 g/mol. The third-order valence-corrected chi connectivity index (χ3v) is 2.95. The van der Waals surface area contributed by atoms with Gasteiger partial charge in [-0.15, -0.1) is 0 Å². The van der Waals surface area contributed by atoms with Crippen molar-refractivity contribution in [2.24, 2.45) is 5.73 Å².